The maximum Gasteiger partial charge on any atom is 0.373 e. The van der Waals surface area contributed by atoms with E-state index in [0.717, 1.165) is 51.4 Å². The minimum Gasteiger partial charge on any atom is -0.478 e. The quantitative estimate of drug-likeness (QED) is 0.00730. The number of carboxylic acid groups (broad SMARTS) is 1. The fraction of sp³-hybridized carbons (Fsp3) is 0.725. The minimum atomic E-state index is -1.15. The normalized spacial score (nSPS) is 11.5. The summed E-state index contributed by atoms with van der Waals surface area (Å²) < 4.78 is 19.1. The summed E-state index contributed by atoms with van der Waals surface area (Å²) in [5.41, 5.74) is 31.0. The summed E-state index contributed by atoms with van der Waals surface area (Å²) >= 11 is 0. The first-order valence-corrected chi connectivity index (χ1v) is 41.0. The van der Waals surface area contributed by atoms with Crippen LogP contribution in [-0.2, 0) is 43.0 Å². The zero-order chi connectivity index (χ0) is 79.8. The van der Waals surface area contributed by atoms with Gasteiger partial charge in [-0.2, -0.15) is 0 Å². The van der Waals surface area contributed by atoms with Crippen LogP contribution in [0, 0.1) is 0 Å². The molecule has 0 aliphatic rings. The van der Waals surface area contributed by atoms with E-state index in [0.29, 0.717) is 68.2 Å². The number of carbonyl (C=O) groups is 8. The molecular weight excluding hydrogens is 1380 g/mol. The largest absolute Gasteiger partial charge is 0.478 e. The average molecular weight is 1520 g/mol. The standard InChI is InChI=1S/C41H74BN7O7.C39H69N7O6/c1-5-6-7-8-9-10-11-12-13-14-15-16-17-18-19-21-27-45-39(52)36(23-20-22-28-46-42(3)54)48-38(51)26-30-56-31-29-49(41(43)44)37-32-34(40(53)55-4)24-25-35(37)47-33(2)50;1-3-4-5-6-7-8-9-10-11-12-13-14-15-16-17-20-26-43-37(49)34(21-18-19-25-40)45-36(48)24-28-52-29-27-46(39(41)42)35-30-32(38(50)51)22-23-33(35)44-31(2)47/h24-25,32,36,46,54H,5-23,26-31H2,1-4H3,(H6,43,44,45,47,48,50,51,52,53);22-23,30,34H,3-21,24-29,40H2,1-2H3,(H7,41,42,43,44,45,47,48,49,50,51)/p+2/t36-;34-/m00/s1. The van der Waals surface area contributed by atoms with E-state index < -0.39 is 31.1 Å². The Balaban J connectivity index is 0.00000108. The fourth-order valence-corrected chi connectivity index (χ4v) is 12.5. The first-order valence-electron chi connectivity index (χ1n) is 41.0. The molecule has 19 N–H and O–H groups in total. The SMILES string of the molecule is CCCCCCCCCCCCCCCCCCNC(=O)[C@H](CCCCN)NC(=O)CCOCC[N+](=C(N)N)c1cc(C(=O)O)ccc1NC(C)=O.CCCCCCCCCCCCCCCCCCNC(=O)[C@H](CCCCNB(C)O)NC(=O)CCOCC[N+](=C(N)N)c1cc(C(=O)OC)ccc1NC(C)=O. The lowest BCUT2D eigenvalue weighted by Crippen LogP contribution is -2.47. The topological polar surface area (TPSA) is 425 Å². The highest BCUT2D eigenvalue weighted by Gasteiger charge is 2.24. The highest BCUT2D eigenvalue weighted by atomic mass is 16.5. The summed E-state index contributed by atoms with van der Waals surface area (Å²) in [6.07, 6.45) is 45.3. The molecule has 0 saturated carbocycles. The van der Waals surface area contributed by atoms with Crippen LogP contribution in [0.25, 0.3) is 0 Å². The van der Waals surface area contributed by atoms with E-state index in [-0.39, 0.29) is 111 Å². The Hall–Kier alpha value is -7.40. The summed E-state index contributed by atoms with van der Waals surface area (Å²) in [5.74, 6) is -3.60. The van der Waals surface area contributed by atoms with Crippen molar-refractivity contribution in [3.05, 3.63) is 47.5 Å². The molecule has 28 heteroatoms. The molecule has 0 aromatic heterocycles. The third kappa shape index (κ3) is 51.1. The molecule has 614 valence electrons. The molecule has 0 spiro atoms. The van der Waals surface area contributed by atoms with Gasteiger partial charge in [-0.1, -0.05) is 206 Å². The van der Waals surface area contributed by atoms with Crippen LogP contribution in [0.2, 0.25) is 6.82 Å². The van der Waals surface area contributed by atoms with Crippen molar-refractivity contribution in [2.45, 2.75) is 303 Å². The number of nitrogens with zero attached hydrogens (tertiary/aromatic N) is 2. The first-order chi connectivity index (χ1) is 52.1. The zero-order valence-corrected chi connectivity index (χ0v) is 67.2. The van der Waals surface area contributed by atoms with Gasteiger partial charge in [0.05, 0.1) is 69.1 Å². The van der Waals surface area contributed by atoms with Crippen LogP contribution >= 0.6 is 0 Å². The van der Waals surface area contributed by atoms with Crippen molar-refractivity contribution in [3.63, 3.8) is 0 Å². The lowest BCUT2D eigenvalue weighted by Gasteiger charge is -2.19. The van der Waals surface area contributed by atoms with E-state index in [1.165, 1.54) is 234 Å². The minimum absolute atomic E-state index is 0.0111. The zero-order valence-electron chi connectivity index (χ0n) is 67.2. The molecule has 2 rings (SSSR count). The van der Waals surface area contributed by atoms with Gasteiger partial charge in [0.15, 0.2) is 0 Å². The lowest BCUT2D eigenvalue weighted by molar-refractivity contribution is -0.446. The molecule has 0 aliphatic heterocycles. The molecular formula is C80H145BN14O13+2. The van der Waals surface area contributed by atoms with Gasteiger partial charge in [-0.05, 0) is 108 Å². The number of benzene rings is 2. The number of carbonyl (C=O) groups excluding carboxylic acids is 7. The molecule has 0 aliphatic carbocycles. The van der Waals surface area contributed by atoms with Gasteiger partial charge < -0.3 is 67.2 Å². The number of guanidine groups is 2. The van der Waals surface area contributed by atoms with Crippen LogP contribution in [0.5, 0.6) is 0 Å². The van der Waals surface area contributed by atoms with Crippen molar-refractivity contribution in [2.75, 3.05) is 83.4 Å². The molecule has 0 unspecified atom stereocenters. The van der Waals surface area contributed by atoms with Gasteiger partial charge in [-0.25, -0.2) is 18.7 Å². The Kier molecular flexibility index (Phi) is 59.8. The van der Waals surface area contributed by atoms with E-state index in [4.69, 9.17) is 42.9 Å². The van der Waals surface area contributed by atoms with Crippen molar-refractivity contribution in [1.82, 2.24) is 26.5 Å². The molecule has 0 saturated heterocycles. The Morgan fingerprint density at radius 3 is 1.12 bits per heavy atom. The van der Waals surface area contributed by atoms with Crippen LogP contribution < -0.4 is 65.8 Å². The van der Waals surface area contributed by atoms with Crippen LogP contribution in [-0.4, -0.2) is 171 Å². The summed E-state index contributed by atoms with van der Waals surface area (Å²) in [6, 6.07) is 7.45. The molecule has 108 heavy (non-hydrogen) atoms. The van der Waals surface area contributed by atoms with Gasteiger partial charge in [0.2, 0.25) is 35.4 Å². The molecule has 0 heterocycles. The highest BCUT2D eigenvalue weighted by molar-refractivity contribution is 6.45. The number of unbranched alkanes of at least 4 members (excludes halogenated alkanes) is 32. The lowest BCUT2D eigenvalue weighted by atomic mass is 9.89. The monoisotopic (exact) mass is 1520 g/mol. The third-order valence-electron chi connectivity index (χ3n) is 18.6. The van der Waals surface area contributed by atoms with E-state index >= 15 is 0 Å². The van der Waals surface area contributed by atoms with Crippen molar-refractivity contribution < 1.29 is 71.8 Å². The second-order valence-corrected chi connectivity index (χ2v) is 28.3. The van der Waals surface area contributed by atoms with Crippen molar-refractivity contribution >= 4 is 89.1 Å². The van der Waals surface area contributed by atoms with Gasteiger partial charge >= 0.3 is 30.9 Å². The van der Waals surface area contributed by atoms with Crippen molar-refractivity contribution in [2.24, 2.45) is 28.7 Å². The van der Waals surface area contributed by atoms with E-state index in [9.17, 15) is 48.5 Å². The number of hydrogen-bond donors (Lipinski definition) is 14. The summed E-state index contributed by atoms with van der Waals surface area (Å²) in [7, 11) is 0.660. The van der Waals surface area contributed by atoms with Crippen LogP contribution in [0.15, 0.2) is 36.4 Å². The van der Waals surface area contributed by atoms with Gasteiger partial charge in [0.1, 0.15) is 23.5 Å². The molecule has 0 fully saturated rings. The van der Waals surface area contributed by atoms with E-state index in [1.807, 2.05) is 0 Å². The van der Waals surface area contributed by atoms with Crippen LogP contribution in [0.3, 0.4) is 0 Å². The van der Waals surface area contributed by atoms with Crippen LogP contribution in [0.1, 0.15) is 305 Å². The number of rotatable bonds is 66. The molecule has 6 amide bonds. The number of hydrogen-bond acceptors (Lipinski definition) is 14. The van der Waals surface area contributed by atoms with Crippen molar-refractivity contribution in [3.8, 4) is 0 Å². The van der Waals surface area contributed by atoms with Gasteiger partial charge in [-0.15, -0.1) is 0 Å². The Bertz CT molecular complexity index is 2880. The van der Waals surface area contributed by atoms with Crippen LogP contribution in [0.4, 0.5) is 22.7 Å². The number of methoxy groups -OCH3 is 1. The number of esters is 1. The second-order valence-electron chi connectivity index (χ2n) is 28.3. The number of ether oxygens (including phenoxy) is 3. The predicted molar refractivity (Wildman–Crippen MR) is 435 cm³/mol. The van der Waals surface area contributed by atoms with Gasteiger partial charge in [0.25, 0.3) is 0 Å². The van der Waals surface area contributed by atoms with E-state index in [1.54, 1.807) is 12.9 Å². The number of amides is 6. The molecule has 2 aromatic rings. The number of nitrogens with one attached hydrogen (secondary N) is 7. The molecule has 2 aromatic carbocycles. The number of carboxylic acids is 1. The molecule has 2 atom stereocenters. The van der Waals surface area contributed by atoms with Gasteiger partial charge in [0, 0.05) is 39.8 Å². The average Bonchev–Trinajstić information content (AvgIpc) is 0.803. The number of anilines is 2. The molecule has 0 bridgehead atoms. The summed E-state index contributed by atoms with van der Waals surface area (Å²) in [4.78, 5) is 99.0. The second kappa shape index (κ2) is 65.5. The Morgan fingerprint density at radius 2 is 0.796 bits per heavy atom. The predicted octanol–water partition coefficient (Wildman–Crippen LogP) is 11.1. The maximum absolute atomic E-state index is 13.1. The highest BCUT2D eigenvalue weighted by Crippen LogP contribution is 2.28. The maximum atomic E-state index is 13.1. The van der Waals surface area contributed by atoms with E-state index in [2.05, 4.69) is 51.0 Å². The van der Waals surface area contributed by atoms with Gasteiger partial charge in [-0.3, -0.25) is 51.7 Å². The Morgan fingerprint density at radius 1 is 0.463 bits per heavy atom. The number of aromatic carboxylic acids is 1. The summed E-state index contributed by atoms with van der Waals surface area (Å²) in [6.45, 7) is 11.8. The molecule has 27 nitrogen and oxygen atoms in total. The fourth-order valence-electron chi connectivity index (χ4n) is 12.5. The first kappa shape index (κ1) is 98.6. The third-order valence-corrected chi connectivity index (χ3v) is 18.6. The Labute approximate surface area is 647 Å². The number of nitrogens with two attached hydrogens (primary N) is 5. The van der Waals surface area contributed by atoms with Crippen molar-refractivity contribution in [1.29, 1.82) is 0 Å². The smallest absolute Gasteiger partial charge is 0.373 e. The summed E-state index contributed by atoms with van der Waals surface area (Å²) in [5, 5.41) is 38.9. The molecule has 0 radical (unpaired) electrons.